The van der Waals surface area contributed by atoms with Gasteiger partial charge in [0.2, 0.25) is 5.78 Å². The molecule has 0 amide bonds. The van der Waals surface area contributed by atoms with Crippen LogP contribution in [-0.4, -0.2) is 10.8 Å². The van der Waals surface area contributed by atoms with Gasteiger partial charge in [0.15, 0.2) is 0 Å². The Balaban J connectivity index is 2.51. The second-order valence-corrected chi connectivity index (χ2v) is 4.90. The smallest absolute Gasteiger partial charge is 0.213 e. The van der Waals surface area contributed by atoms with Gasteiger partial charge in [0.05, 0.1) is 10.0 Å². The molecule has 0 N–H and O–H groups in total. The van der Waals surface area contributed by atoms with E-state index >= 15 is 0 Å². The first kappa shape index (κ1) is 13.1. The first-order valence-corrected chi connectivity index (χ1v) is 6.18. The number of carbonyl (C=O) groups is 1. The van der Waals surface area contributed by atoms with Crippen LogP contribution in [0.4, 0.5) is 0 Å². The Kier molecular flexibility index (Phi) is 3.69. The van der Waals surface area contributed by atoms with E-state index < -0.39 is 0 Å². The molecule has 1 aromatic heterocycles. The van der Waals surface area contributed by atoms with Gasteiger partial charge in [-0.2, -0.15) is 0 Å². The van der Waals surface area contributed by atoms with Gasteiger partial charge in [-0.1, -0.05) is 41.4 Å². The molecule has 0 unspecified atom stereocenters. The van der Waals surface area contributed by atoms with E-state index in [1.54, 1.807) is 6.07 Å². The summed E-state index contributed by atoms with van der Waals surface area (Å²) >= 11 is 11.8. The van der Waals surface area contributed by atoms with Crippen LogP contribution in [0.3, 0.4) is 0 Å². The molecule has 18 heavy (non-hydrogen) atoms. The Labute approximate surface area is 116 Å². The molecule has 0 aliphatic rings. The molecule has 0 fully saturated rings. The van der Waals surface area contributed by atoms with Crippen LogP contribution in [0.1, 0.15) is 27.2 Å². The Morgan fingerprint density at radius 1 is 1.22 bits per heavy atom. The molecule has 0 saturated carbocycles. The molecule has 2 aromatic rings. The topological polar surface area (TPSA) is 30.0 Å². The number of aromatic nitrogens is 1. The zero-order chi connectivity index (χ0) is 13.3. The highest BCUT2D eigenvalue weighted by Crippen LogP contribution is 2.23. The molecule has 2 rings (SSSR count). The monoisotopic (exact) mass is 279 g/mol. The predicted molar refractivity (Wildman–Crippen MR) is 73.6 cm³/mol. The van der Waals surface area contributed by atoms with Crippen LogP contribution in [0.25, 0.3) is 0 Å². The van der Waals surface area contributed by atoms with Crippen LogP contribution >= 0.6 is 23.2 Å². The Bertz CT molecular complexity index is 623. The number of halogens is 2. The van der Waals surface area contributed by atoms with Gasteiger partial charge in [0.25, 0.3) is 0 Å². The lowest BCUT2D eigenvalue weighted by Crippen LogP contribution is -2.07. The number of aryl methyl sites for hydroxylation is 1. The zero-order valence-corrected chi connectivity index (χ0v) is 11.5. The summed E-state index contributed by atoms with van der Waals surface area (Å²) in [6.07, 6.45) is 1.42. The number of hydrogen-bond donors (Lipinski definition) is 0. The molecule has 0 aliphatic heterocycles. The third-order valence-corrected chi connectivity index (χ3v) is 3.37. The highest BCUT2D eigenvalue weighted by atomic mass is 35.5. The lowest BCUT2D eigenvalue weighted by atomic mass is 9.98. The average molecular weight is 280 g/mol. The summed E-state index contributed by atoms with van der Waals surface area (Å²) in [5.74, 6) is -0.183. The van der Waals surface area contributed by atoms with Crippen molar-refractivity contribution in [3.8, 4) is 0 Å². The molecular weight excluding hydrogens is 269 g/mol. The summed E-state index contributed by atoms with van der Waals surface area (Å²) < 4.78 is 0. The van der Waals surface area contributed by atoms with Crippen LogP contribution in [0.5, 0.6) is 0 Å². The summed E-state index contributed by atoms with van der Waals surface area (Å²) in [5, 5.41) is 0.686. The molecule has 0 atom stereocenters. The maximum Gasteiger partial charge on any atom is 0.213 e. The Morgan fingerprint density at radius 2 is 1.94 bits per heavy atom. The van der Waals surface area contributed by atoms with Crippen molar-refractivity contribution in [2.45, 2.75) is 13.8 Å². The summed E-state index contributed by atoms with van der Waals surface area (Å²) in [5.41, 5.74) is 2.85. The van der Waals surface area contributed by atoms with Crippen molar-refractivity contribution in [2.75, 3.05) is 0 Å². The van der Waals surface area contributed by atoms with E-state index in [0.29, 0.717) is 10.6 Å². The van der Waals surface area contributed by atoms with Crippen molar-refractivity contribution in [3.63, 3.8) is 0 Å². The second-order valence-electron chi connectivity index (χ2n) is 4.06. The fourth-order valence-corrected chi connectivity index (χ4v) is 2.17. The number of pyridine rings is 1. The maximum absolute atomic E-state index is 12.4. The van der Waals surface area contributed by atoms with Crippen molar-refractivity contribution in [1.82, 2.24) is 4.98 Å². The van der Waals surface area contributed by atoms with Crippen molar-refractivity contribution >= 4 is 29.0 Å². The molecule has 4 heteroatoms. The summed E-state index contributed by atoms with van der Waals surface area (Å²) in [6.45, 7) is 3.87. The number of benzene rings is 1. The molecule has 0 radical (unpaired) electrons. The molecule has 0 spiro atoms. The van der Waals surface area contributed by atoms with Gasteiger partial charge in [-0.05, 0) is 31.0 Å². The fourth-order valence-electron chi connectivity index (χ4n) is 1.71. The molecule has 92 valence electrons. The van der Waals surface area contributed by atoms with Gasteiger partial charge in [-0.25, -0.2) is 4.98 Å². The van der Waals surface area contributed by atoms with Crippen LogP contribution in [0.15, 0.2) is 30.5 Å². The maximum atomic E-state index is 12.4. The number of ketones is 1. The van der Waals surface area contributed by atoms with E-state index in [1.807, 2.05) is 26.0 Å². The minimum atomic E-state index is -0.183. The number of carbonyl (C=O) groups excluding carboxylic acids is 1. The van der Waals surface area contributed by atoms with Crippen LogP contribution in [0.2, 0.25) is 10.0 Å². The van der Waals surface area contributed by atoms with Crippen molar-refractivity contribution in [1.29, 1.82) is 0 Å². The summed E-state index contributed by atoms with van der Waals surface area (Å²) in [7, 11) is 0. The van der Waals surface area contributed by atoms with Gasteiger partial charge < -0.3 is 0 Å². The van der Waals surface area contributed by atoms with Crippen molar-refractivity contribution < 1.29 is 4.79 Å². The quantitative estimate of drug-likeness (QED) is 0.770. The molecule has 2 nitrogen and oxygen atoms in total. The first-order chi connectivity index (χ1) is 8.50. The minimum absolute atomic E-state index is 0.183. The van der Waals surface area contributed by atoms with Gasteiger partial charge >= 0.3 is 0 Å². The Hall–Kier alpha value is -1.38. The molecule has 0 saturated heterocycles. The van der Waals surface area contributed by atoms with Crippen LogP contribution in [-0.2, 0) is 0 Å². The zero-order valence-electron chi connectivity index (χ0n) is 10.00. The predicted octanol–water partition coefficient (Wildman–Crippen LogP) is 4.24. The van der Waals surface area contributed by atoms with Crippen molar-refractivity contribution in [3.05, 3.63) is 62.9 Å². The van der Waals surface area contributed by atoms with E-state index in [4.69, 9.17) is 23.2 Å². The summed E-state index contributed by atoms with van der Waals surface area (Å²) in [6, 6.07) is 7.11. The van der Waals surface area contributed by atoms with E-state index in [-0.39, 0.29) is 16.5 Å². The van der Waals surface area contributed by atoms with Crippen LogP contribution < -0.4 is 0 Å². The van der Waals surface area contributed by atoms with Gasteiger partial charge in [0.1, 0.15) is 5.69 Å². The lowest BCUT2D eigenvalue weighted by Gasteiger charge is -2.08. The van der Waals surface area contributed by atoms with E-state index in [1.165, 1.54) is 12.3 Å². The van der Waals surface area contributed by atoms with E-state index in [2.05, 4.69) is 4.98 Å². The van der Waals surface area contributed by atoms with Gasteiger partial charge in [0, 0.05) is 11.8 Å². The van der Waals surface area contributed by atoms with Crippen LogP contribution in [0, 0.1) is 13.8 Å². The third kappa shape index (κ3) is 2.40. The molecular formula is C14H11Cl2NO. The third-order valence-electron chi connectivity index (χ3n) is 2.87. The minimum Gasteiger partial charge on any atom is -0.287 e. The Morgan fingerprint density at radius 3 is 2.61 bits per heavy atom. The second kappa shape index (κ2) is 5.09. The fraction of sp³-hybridized carbons (Fsp3) is 0.143. The average Bonchev–Trinajstić information content (AvgIpc) is 2.32. The van der Waals surface area contributed by atoms with Gasteiger partial charge in [-0.3, -0.25) is 4.79 Å². The largest absolute Gasteiger partial charge is 0.287 e. The van der Waals surface area contributed by atoms with Gasteiger partial charge in [-0.15, -0.1) is 0 Å². The number of rotatable bonds is 2. The molecule has 0 aliphatic carbocycles. The molecule has 1 heterocycles. The SMILES string of the molecule is Cc1cccc(C(=O)c2ncc(Cl)cc2Cl)c1C. The van der Waals surface area contributed by atoms with E-state index in [0.717, 1.165) is 11.1 Å². The first-order valence-electron chi connectivity index (χ1n) is 5.42. The number of nitrogens with zero attached hydrogens (tertiary/aromatic N) is 1. The standard InChI is InChI=1S/C14H11Cl2NO/c1-8-4-3-5-11(9(8)2)14(18)13-12(16)6-10(15)7-17-13/h3-7H,1-2H3. The highest BCUT2D eigenvalue weighted by molar-refractivity contribution is 6.37. The highest BCUT2D eigenvalue weighted by Gasteiger charge is 2.17. The molecule has 0 bridgehead atoms. The molecule has 1 aromatic carbocycles. The number of hydrogen-bond acceptors (Lipinski definition) is 2. The normalized spacial score (nSPS) is 10.4. The van der Waals surface area contributed by atoms with Crippen molar-refractivity contribution in [2.24, 2.45) is 0 Å². The lowest BCUT2D eigenvalue weighted by molar-refractivity contribution is 0.103. The summed E-state index contributed by atoms with van der Waals surface area (Å²) in [4.78, 5) is 16.4. The van der Waals surface area contributed by atoms with E-state index in [9.17, 15) is 4.79 Å².